The fourth-order valence-electron chi connectivity index (χ4n) is 1.93. The Morgan fingerprint density at radius 1 is 1.41 bits per heavy atom. The summed E-state index contributed by atoms with van der Waals surface area (Å²) in [7, 11) is 0. The van der Waals surface area contributed by atoms with Crippen LogP contribution in [-0.4, -0.2) is 18.5 Å². The monoisotopic (exact) mass is 231 g/mol. The van der Waals surface area contributed by atoms with E-state index in [0.717, 1.165) is 6.42 Å². The Morgan fingerprint density at radius 3 is 2.88 bits per heavy atom. The van der Waals surface area contributed by atoms with Crippen molar-refractivity contribution in [1.29, 1.82) is 0 Å². The molecule has 1 aromatic rings. The molecule has 17 heavy (non-hydrogen) atoms. The van der Waals surface area contributed by atoms with Gasteiger partial charge in [0, 0.05) is 12.6 Å². The lowest BCUT2D eigenvalue weighted by Gasteiger charge is -2.09. The van der Waals surface area contributed by atoms with Crippen LogP contribution in [0.4, 0.5) is 0 Å². The van der Waals surface area contributed by atoms with Gasteiger partial charge >= 0.3 is 0 Å². The van der Waals surface area contributed by atoms with Gasteiger partial charge in [-0.05, 0) is 12.0 Å². The molecule has 4 heteroatoms. The highest BCUT2D eigenvalue weighted by Gasteiger charge is 2.29. The first kappa shape index (κ1) is 11.8. The number of benzene rings is 1. The van der Waals surface area contributed by atoms with Crippen LogP contribution in [0, 0.1) is 0 Å². The van der Waals surface area contributed by atoms with Gasteiger partial charge in [-0.2, -0.15) is 0 Å². The Morgan fingerprint density at radius 2 is 2.18 bits per heavy atom. The molecule has 0 spiro atoms. The number of hydrogen-bond donors (Lipinski definition) is 3. The predicted molar refractivity (Wildman–Crippen MR) is 67.1 cm³/mol. The molecule has 1 heterocycles. The zero-order chi connectivity index (χ0) is 12.1. The first-order chi connectivity index (χ1) is 8.31. The highest BCUT2D eigenvalue weighted by atomic mass is 16.2. The highest BCUT2D eigenvalue weighted by Crippen LogP contribution is 2.21. The number of nitrogens with one attached hydrogen (secondary N) is 3. The number of carbonyl (C=O) groups excluding carboxylic acids is 1. The van der Waals surface area contributed by atoms with Gasteiger partial charge < -0.3 is 5.32 Å². The molecule has 1 aliphatic rings. The van der Waals surface area contributed by atoms with Gasteiger partial charge in [0.2, 0.25) is 5.91 Å². The molecule has 90 valence electrons. The third-order valence-electron chi connectivity index (χ3n) is 2.84. The van der Waals surface area contributed by atoms with Gasteiger partial charge in [0.05, 0.1) is 0 Å². The van der Waals surface area contributed by atoms with Crippen LogP contribution in [0.5, 0.6) is 0 Å². The Labute approximate surface area is 101 Å². The number of hydrogen-bond acceptors (Lipinski definition) is 3. The topological polar surface area (TPSA) is 53.2 Å². The maximum Gasteiger partial charge on any atom is 0.238 e. The third kappa shape index (κ3) is 2.93. The summed E-state index contributed by atoms with van der Waals surface area (Å²) >= 11 is 0. The second kappa shape index (κ2) is 5.61. The minimum atomic E-state index is -0.180. The van der Waals surface area contributed by atoms with E-state index in [-0.39, 0.29) is 18.0 Å². The summed E-state index contributed by atoms with van der Waals surface area (Å²) in [6.45, 7) is 4.08. The molecule has 0 saturated carbocycles. The average molecular weight is 231 g/mol. The summed E-state index contributed by atoms with van der Waals surface area (Å²) in [5.74, 6) is 0.0100. The molecular formula is C13H17N3O. The molecule has 1 saturated heterocycles. The molecule has 1 aliphatic heterocycles. The standard InChI is InChI=1S/C13H17N3O/c1-2-8-14-13(17)12-9-11(15-16-12)10-6-4-3-5-7-10/h2-7,11-12,15-16H,1,8-9H2,(H,14,17). The lowest BCUT2D eigenvalue weighted by Crippen LogP contribution is -2.43. The lowest BCUT2D eigenvalue weighted by atomic mass is 10.0. The minimum Gasteiger partial charge on any atom is -0.351 e. The van der Waals surface area contributed by atoms with E-state index in [1.54, 1.807) is 6.08 Å². The van der Waals surface area contributed by atoms with Gasteiger partial charge in [-0.3, -0.25) is 4.79 Å². The molecule has 0 aliphatic carbocycles. The quantitative estimate of drug-likeness (QED) is 0.675. The van der Waals surface area contributed by atoms with E-state index in [1.165, 1.54) is 5.56 Å². The van der Waals surface area contributed by atoms with Crippen LogP contribution in [0.2, 0.25) is 0 Å². The van der Waals surface area contributed by atoms with Gasteiger partial charge in [-0.25, -0.2) is 10.9 Å². The van der Waals surface area contributed by atoms with Crippen molar-refractivity contribution < 1.29 is 4.79 Å². The van der Waals surface area contributed by atoms with Gasteiger partial charge in [-0.15, -0.1) is 6.58 Å². The Balaban J connectivity index is 1.91. The van der Waals surface area contributed by atoms with Crippen molar-refractivity contribution in [2.45, 2.75) is 18.5 Å². The molecule has 1 fully saturated rings. The molecule has 3 N–H and O–H groups in total. The fourth-order valence-corrected chi connectivity index (χ4v) is 1.93. The first-order valence-corrected chi connectivity index (χ1v) is 5.76. The summed E-state index contributed by atoms with van der Waals surface area (Å²) in [5, 5.41) is 2.79. The number of hydrazine groups is 1. The van der Waals surface area contributed by atoms with Crippen LogP contribution in [-0.2, 0) is 4.79 Å². The summed E-state index contributed by atoms with van der Waals surface area (Å²) in [6, 6.07) is 10.1. The third-order valence-corrected chi connectivity index (χ3v) is 2.84. The number of amides is 1. The smallest absolute Gasteiger partial charge is 0.238 e. The van der Waals surface area contributed by atoms with E-state index in [2.05, 4.69) is 34.9 Å². The average Bonchev–Trinajstić information content (AvgIpc) is 2.86. The van der Waals surface area contributed by atoms with Crippen molar-refractivity contribution in [1.82, 2.24) is 16.2 Å². The zero-order valence-electron chi connectivity index (χ0n) is 9.65. The SMILES string of the molecule is C=CCNC(=O)C1CC(c2ccccc2)NN1. The molecule has 2 unspecified atom stereocenters. The van der Waals surface area contributed by atoms with Crippen molar-refractivity contribution in [3.63, 3.8) is 0 Å². The normalized spacial score (nSPS) is 23.3. The molecule has 0 radical (unpaired) electrons. The van der Waals surface area contributed by atoms with E-state index in [1.807, 2.05) is 18.2 Å². The van der Waals surface area contributed by atoms with E-state index in [0.29, 0.717) is 6.54 Å². The van der Waals surface area contributed by atoms with Gasteiger partial charge in [0.1, 0.15) is 6.04 Å². The maximum atomic E-state index is 11.7. The number of carbonyl (C=O) groups is 1. The second-order valence-corrected chi connectivity index (χ2v) is 4.07. The Hall–Kier alpha value is -1.65. The molecule has 2 rings (SSSR count). The molecular weight excluding hydrogens is 214 g/mol. The van der Waals surface area contributed by atoms with Crippen LogP contribution < -0.4 is 16.2 Å². The molecule has 0 bridgehead atoms. The fraction of sp³-hybridized carbons (Fsp3) is 0.308. The largest absolute Gasteiger partial charge is 0.351 e. The van der Waals surface area contributed by atoms with Gasteiger partial charge in [0.15, 0.2) is 0 Å². The van der Waals surface area contributed by atoms with E-state index in [4.69, 9.17) is 0 Å². The van der Waals surface area contributed by atoms with Crippen LogP contribution >= 0.6 is 0 Å². The molecule has 4 nitrogen and oxygen atoms in total. The van der Waals surface area contributed by atoms with Crippen molar-refractivity contribution >= 4 is 5.91 Å². The lowest BCUT2D eigenvalue weighted by molar-refractivity contribution is -0.122. The Kier molecular flexibility index (Phi) is 3.90. The first-order valence-electron chi connectivity index (χ1n) is 5.76. The highest BCUT2D eigenvalue weighted by molar-refractivity contribution is 5.82. The summed E-state index contributed by atoms with van der Waals surface area (Å²) in [6.07, 6.45) is 2.43. The summed E-state index contributed by atoms with van der Waals surface area (Å²) < 4.78 is 0. The molecule has 1 amide bonds. The summed E-state index contributed by atoms with van der Waals surface area (Å²) in [5.41, 5.74) is 7.35. The van der Waals surface area contributed by atoms with Crippen LogP contribution in [0.15, 0.2) is 43.0 Å². The van der Waals surface area contributed by atoms with E-state index < -0.39 is 0 Å². The minimum absolute atomic E-state index is 0.0100. The van der Waals surface area contributed by atoms with E-state index in [9.17, 15) is 4.79 Å². The van der Waals surface area contributed by atoms with Crippen LogP contribution in [0.1, 0.15) is 18.0 Å². The molecule has 1 aromatic carbocycles. The van der Waals surface area contributed by atoms with Crippen molar-refractivity contribution in [2.24, 2.45) is 0 Å². The predicted octanol–water partition coefficient (Wildman–Crippen LogP) is 0.896. The van der Waals surface area contributed by atoms with E-state index >= 15 is 0 Å². The van der Waals surface area contributed by atoms with Crippen molar-refractivity contribution in [2.75, 3.05) is 6.54 Å². The van der Waals surface area contributed by atoms with Crippen LogP contribution in [0.25, 0.3) is 0 Å². The van der Waals surface area contributed by atoms with Crippen molar-refractivity contribution in [3.8, 4) is 0 Å². The number of rotatable bonds is 4. The second-order valence-electron chi connectivity index (χ2n) is 4.07. The molecule has 0 aromatic heterocycles. The van der Waals surface area contributed by atoms with Crippen LogP contribution in [0.3, 0.4) is 0 Å². The maximum absolute atomic E-state index is 11.7. The Bertz CT molecular complexity index is 391. The summed E-state index contributed by atoms with van der Waals surface area (Å²) in [4.78, 5) is 11.7. The zero-order valence-corrected chi connectivity index (χ0v) is 9.65. The van der Waals surface area contributed by atoms with Crippen molar-refractivity contribution in [3.05, 3.63) is 48.6 Å². The van der Waals surface area contributed by atoms with Gasteiger partial charge in [-0.1, -0.05) is 36.4 Å². The molecule has 2 atom stereocenters. The van der Waals surface area contributed by atoms with Gasteiger partial charge in [0.25, 0.3) is 0 Å².